The van der Waals surface area contributed by atoms with Gasteiger partial charge in [-0.1, -0.05) is 111 Å². The Hall–Kier alpha value is -3.40. The third-order valence-corrected chi connectivity index (χ3v) is 5.89. The number of unbranched alkanes of at least 4 members (excludes halogenated alkanes) is 1. The summed E-state index contributed by atoms with van der Waals surface area (Å²) in [4.78, 5) is 25.7. The van der Waals surface area contributed by atoms with E-state index in [1.807, 2.05) is 54.6 Å². The van der Waals surface area contributed by atoms with E-state index in [4.69, 9.17) is 4.74 Å². The lowest BCUT2D eigenvalue weighted by atomic mass is 9.67. The quantitative estimate of drug-likeness (QED) is 0.353. The maximum atomic E-state index is 13.5. The second-order valence-electron chi connectivity index (χ2n) is 7.97. The zero-order valence-corrected chi connectivity index (χ0v) is 18.8. The Morgan fingerprint density at radius 2 is 1.25 bits per heavy atom. The monoisotopic (exact) mass is 429 g/mol. The van der Waals surface area contributed by atoms with E-state index in [0.717, 1.165) is 29.5 Å². The number of benzene rings is 3. The molecule has 3 aromatic rings. The maximum absolute atomic E-state index is 13.5. The summed E-state index contributed by atoms with van der Waals surface area (Å²) in [5.74, 6) is -0.593. The minimum atomic E-state index is -0.695. The molecule has 0 aliphatic rings. The first-order chi connectivity index (χ1) is 15.6. The van der Waals surface area contributed by atoms with Crippen LogP contribution in [-0.2, 0) is 19.7 Å². The van der Waals surface area contributed by atoms with E-state index in [1.165, 1.54) is 7.11 Å². The van der Waals surface area contributed by atoms with Crippen molar-refractivity contribution in [2.45, 2.75) is 44.1 Å². The lowest BCUT2D eigenvalue weighted by molar-refractivity contribution is -0.145. The van der Waals surface area contributed by atoms with Crippen LogP contribution in [0.1, 0.15) is 49.3 Å². The third kappa shape index (κ3) is 5.25. The molecule has 1 atom stereocenters. The first-order valence-electron chi connectivity index (χ1n) is 11.2. The van der Waals surface area contributed by atoms with Crippen molar-refractivity contribution >= 4 is 11.9 Å². The van der Waals surface area contributed by atoms with Gasteiger partial charge >= 0.3 is 5.97 Å². The van der Waals surface area contributed by atoms with Gasteiger partial charge in [0.25, 0.3) is 0 Å². The molecule has 0 aromatic heterocycles. The zero-order valence-electron chi connectivity index (χ0n) is 18.8. The second kappa shape index (κ2) is 11.3. The number of rotatable bonds is 10. The molecule has 1 amide bonds. The van der Waals surface area contributed by atoms with E-state index in [9.17, 15) is 9.59 Å². The van der Waals surface area contributed by atoms with Crippen LogP contribution in [0.15, 0.2) is 91.0 Å². The average molecular weight is 430 g/mol. The summed E-state index contributed by atoms with van der Waals surface area (Å²) in [6, 6.07) is 29.6. The molecule has 0 aliphatic carbocycles. The highest BCUT2D eigenvalue weighted by atomic mass is 16.5. The van der Waals surface area contributed by atoms with Crippen LogP contribution in [0.25, 0.3) is 0 Å². The predicted molar refractivity (Wildman–Crippen MR) is 127 cm³/mol. The predicted octanol–water partition coefficient (Wildman–Crippen LogP) is 5.26. The maximum Gasteiger partial charge on any atom is 0.328 e. The number of nitrogens with one attached hydrogen (secondary N) is 1. The van der Waals surface area contributed by atoms with Crippen molar-refractivity contribution < 1.29 is 14.3 Å². The molecule has 1 N–H and O–H groups in total. The molecule has 4 heteroatoms. The molecular formula is C28H31NO3. The zero-order chi connectivity index (χ0) is 22.8. The number of ether oxygens (including phenoxy) is 1. The highest BCUT2D eigenvalue weighted by molar-refractivity contribution is 5.86. The van der Waals surface area contributed by atoms with Gasteiger partial charge in [-0.2, -0.15) is 0 Å². The molecule has 3 aromatic carbocycles. The van der Waals surface area contributed by atoms with Crippen molar-refractivity contribution in [3.63, 3.8) is 0 Å². The number of hydrogen-bond acceptors (Lipinski definition) is 3. The van der Waals surface area contributed by atoms with Crippen LogP contribution in [0.2, 0.25) is 0 Å². The Bertz CT molecular complexity index is 890. The Balaban J connectivity index is 2.07. The normalized spacial score (nSPS) is 12.1. The van der Waals surface area contributed by atoms with E-state index in [1.54, 1.807) is 0 Å². The third-order valence-electron chi connectivity index (χ3n) is 5.89. The SMILES string of the molecule is CCCC[C@@H](NC(=O)CC(c1ccccc1)(c1ccccc1)c1ccccc1)C(=O)OC. The van der Waals surface area contributed by atoms with Crippen molar-refractivity contribution in [3.8, 4) is 0 Å². The number of hydrogen-bond donors (Lipinski definition) is 1. The Labute approximate surface area is 190 Å². The Kier molecular flexibility index (Phi) is 8.20. The van der Waals surface area contributed by atoms with E-state index in [-0.39, 0.29) is 12.3 Å². The Morgan fingerprint density at radius 3 is 1.62 bits per heavy atom. The molecule has 32 heavy (non-hydrogen) atoms. The number of methoxy groups -OCH3 is 1. The minimum Gasteiger partial charge on any atom is -0.467 e. The van der Waals surface area contributed by atoms with Gasteiger partial charge in [0.1, 0.15) is 6.04 Å². The summed E-state index contributed by atoms with van der Waals surface area (Å²) >= 11 is 0. The molecule has 0 radical (unpaired) electrons. The van der Waals surface area contributed by atoms with Crippen molar-refractivity contribution in [3.05, 3.63) is 108 Å². The van der Waals surface area contributed by atoms with E-state index >= 15 is 0 Å². The van der Waals surface area contributed by atoms with E-state index in [0.29, 0.717) is 6.42 Å². The summed E-state index contributed by atoms with van der Waals surface area (Å²) in [5, 5.41) is 2.95. The lowest BCUT2D eigenvalue weighted by Gasteiger charge is -2.36. The average Bonchev–Trinajstić information content (AvgIpc) is 2.86. The highest BCUT2D eigenvalue weighted by Gasteiger charge is 2.39. The van der Waals surface area contributed by atoms with Crippen molar-refractivity contribution in [1.29, 1.82) is 0 Å². The number of carbonyl (C=O) groups is 2. The van der Waals surface area contributed by atoms with Crippen LogP contribution < -0.4 is 5.32 Å². The van der Waals surface area contributed by atoms with Gasteiger partial charge in [0.05, 0.1) is 12.5 Å². The summed E-state index contributed by atoms with van der Waals surface area (Å²) in [6.07, 6.45) is 2.50. The van der Waals surface area contributed by atoms with Gasteiger partial charge in [0.15, 0.2) is 0 Å². The first-order valence-corrected chi connectivity index (χ1v) is 11.2. The molecule has 0 bridgehead atoms. The van der Waals surface area contributed by atoms with Gasteiger partial charge in [0.2, 0.25) is 5.91 Å². The van der Waals surface area contributed by atoms with Gasteiger partial charge in [-0.15, -0.1) is 0 Å². The summed E-state index contributed by atoms with van der Waals surface area (Å²) < 4.78 is 4.94. The minimum absolute atomic E-state index is 0.171. The van der Waals surface area contributed by atoms with Crippen LogP contribution in [0.5, 0.6) is 0 Å². The topological polar surface area (TPSA) is 55.4 Å². The largest absolute Gasteiger partial charge is 0.467 e. The standard InChI is InChI=1S/C28H31NO3/c1-3-4-20-25(27(31)32-2)29-26(30)21-28(22-14-8-5-9-15-22,23-16-10-6-11-17-23)24-18-12-7-13-19-24/h5-19,25H,3-4,20-21H2,1-2H3,(H,29,30)/t25-/m1/s1. The van der Waals surface area contributed by atoms with Crippen LogP contribution in [0.4, 0.5) is 0 Å². The molecular weight excluding hydrogens is 398 g/mol. The van der Waals surface area contributed by atoms with Crippen molar-refractivity contribution in [2.75, 3.05) is 7.11 Å². The number of amides is 1. The lowest BCUT2D eigenvalue weighted by Crippen LogP contribution is -2.45. The summed E-state index contributed by atoms with van der Waals surface area (Å²) in [7, 11) is 1.36. The van der Waals surface area contributed by atoms with E-state index in [2.05, 4.69) is 48.6 Å². The molecule has 3 rings (SSSR count). The summed E-state index contributed by atoms with van der Waals surface area (Å²) in [5.41, 5.74) is 2.38. The molecule has 4 nitrogen and oxygen atoms in total. The van der Waals surface area contributed by atoms with E-state index < -0.39 is 17.4 Å². The molecule has 0 aliphatic heterocycles. The smallest absolute Gasteiger partial charge is 0.328 e. The molecule has 0 unspecified atom stereocenters. The van der Waals surface area contributed by atoms with Gasteiger partial charge in [-0.25, -0.2) is 4.79 Å². The van der Waals surface area contributed by atoms with Crippen LogP contribution in [0.3, 0.4) is 0 Å². The van der Waals surface area contributed by atoms with Crippen molar-refractivity contribution in [2.24, 2.45) is 0 Å². The summed E-state index contributed by atoms with van der Waals surface area (Å²) in [6.45, 7) is 2.06. The van der Waals surface area contributed by atoms with Gasteiger partial charge in [0, 0.05) is 6.42 Å². The fourth-order valence-corrected chi connectivity index (χ4v) is 4.26. The molecule has 0 saturated heterocycles. The molecule has 166 valence electrons. The first kappa shape index (κ1) is 23.3. The number of esters is 1. The highest BCUT2D eigenvalue weighted by Crippen LogP contribution is 2.42. The van der Waals surface area contributed by atoms with Crippen LogP contribution in [0, 0.1) is 0 Å². The van der Waals surface area contributed by atoms with Gasteiger partial charge in [-0.3, -0.25) is 4.79 Å². The van der Waals surface area contributed by atoms with Crippen LogP contribution in [-0.4, -0.2) is 25.0 Å². The Morgan fingerprint density at radius 1 is 0.812 bits per heavy atom. The van der Waals surface area contributed by atoms with Crippen LogP contribution >= 0.6 is 0 Å². The second-order valence-corrected chi connectivity index (χ2v) is 7.97. The van der Waals surface area contributed by atoms with Gasteiger partial charge < -0.3 is 10.1 Å². The molecule has 0 heterocycles. The van der Waals surface area contributed by atoms with Crippen molar-refractivity contribution in [1.82, 2.24) is 5.32 Å². The fourth-order valence-electron chi connectivity index (χ4n) is 4.26. The molecule has 0 spiro atoms. The molecule has 0 fully saturated rings. The number of carbonyl (C=O) groups excluding carboxylic acids is 2. The fraction of sp³-hybridized carbons (Fsp3) is 0.286. The molecule has 0 saturated carbocycles. The van der Waals surface area contributed by atoms with Gasteiger partial charge in [-0.05, 0) is 23.1 Å².